The molecule has 0 N–H and O–H groups in total. The Morgan fingerprint density at radius 2 is 2.11 bits per heavy atom. The van der Waals surface area contributed by atoms with E-state index in [1.54, 1.807) is 7.11 Å². The van der Waals surface area contributed by atoms with Crippen LogP contribution in [0.4, 0.5) is 0 Å². The molecule has 0 aromatic heterocycles. The summed E-state index contributed by atoms with van der Waals surface area (Å²) in [6.45, 7) is 4.93. The van der Waals surface area contributed by atoms with Gasteiger partial charge >= 0.3 is 0 Å². The highest BCUT2D eigenvalue weighted by molar-refractivity contribution is 9.10. The van der Waals surface area contributed by atoms with Crippen molar-refractivity contribution in [3.8, 4) is 5.75 Å². The molecule has 0 amide bonds. The second-order valence-electron chi connectivity index (χ2n) is 4.71. The third kappa shape index (κ3) is 4.26. The van der Waals surface area contributed by atoms with E-state index < -0.39 is 0 Å². The molecule has 0 radical (unpaired) electrons. The van der Waals surface area contributed by atoms with Crippen LogP contribution in [0.5, 0.6) is 5.75 Å². The minimum Gasteiger partial charge on any atom is -0.492 e. The van der Waals surface area contributed by atoms with Crippen LogP contribution in [0.15, 0.2) is 28.7 Å². The summed E-state index contributed by atoms with van der Waals surface area (Å²) in [5.41, 5.74) is 0. The molecule has 1 atom stereocenters. The van der Waals surface area contributed by atoms with Gasteiger partial charge in [-0.2, -0.15) is 0 Å². The average molecular weight is 314 g/mol. The molecule has 0 aliphatic carbocycles. The fraction of sp³-hybridized carbons (Fsp3) is 0.571. The first-order valence-electron chi connectivity index (χ1n) is 6.37. The Morgan fingerprint density at radius 3 is 2.83 bits per heavy atom. The SMILES string of the molecule is COCC1CCN(CCOc2ccc(Br)cc2)C1. The highest BCUT2D eigenvalue weighted by Crippen LogP contribution is 2.18. The molecule has 4 heteroatoms. The Bertz CT molecular complexity index is 355. The first-order chi connectivity index (χ1) is 8.78. The summed E-state index contributed by atoms with van der Waals surface area (Å²) < 4.78 is 12.0. The molecule has 1 fully saturated rings. The van der Waals surface area contributed by atoms with Crippen molar-refractivity contribution in [2.45, 2.75) is 6.42 Å². The van der Waals surface area contributed by atoms with Gasteiger partial charge in [0.05, 0.1) is 6.61 Å². The number of nitrogens with zero attached hydrogens (tertiary/aromatic N) is 1. The standard InChI is InChI=1S/C14H20BrNO2/c1-17-11-12-6-7-16(10-12)8-9-18-14-4-2-13(15)3-5-14/h2-5,12H,6-11H2,1H3. The number of hydrogen-bond acceptors (Lipinski definition) is 3. The number of ether oxygens (including phenoxy) is 2. The quantitative estimate of drug-likeness (QED) is 0.806. The lowest BCUT2D eigenvalue weighted by Gasteiger charge is -2.16. The number of benzene rings is 1. The van der Waals surface area contributed by atoms with E-state index in [-0.39, 0.29) is 0 Å². The van der Waals surface area contributed by atoms with Gasteiger partial charge < -0.3 is 9.47 Å². The van der Waals surface area contributed by atoms with Crippen molar-refractivity contribution < 1.29 is 9.47 Å². The highest BCUT2D eigenvalue weighted by Gasteiger charge is 2.21. The van der Waals surface area contributed by atoms with Gasteiger partial charge in [-0.3, -0.25) is 4.90 Å². The van der Waals surface area contributed by atoms with E-state index in [1.165, 1.54) is 6.42 Å². The first kappa shape index (κ1) is 13.8. The zero-order chi connectivity index (χ0) is 12.8. The van der Waals surface area contributed by atoms with Crippen LogP contribution in [0.3, 0.4) is 0 Å². The lowest BCUT2D eigenvalue weighted by molar-refractivity contribution is 0.150. The molecule has 1 heterocycles. The molecule has 1 saturated heterocycles. The fourth-order valence-corrected chi connectivity index (χ4v) is 2.58. The van der Waals surface area contributed by atoms with Crippen molar-refractivity contribution in [3.05, 3.63) is 28.7 Å². The van der Waals surface area contributed by atoms with Crippen LogP contribution in [0, 0.1) is 5.92 Å². The molecule has 1 aliphatic rings. The van der Waals surface area contributed by atoms with Gasteiger partial charge in [0.15, 0.2) is 0 Å². The maximum absolute atomic E-state index is 5.72. The summed E-state index contributed by atoms with van der Waals surface area (Å²) >= 11 is 3.41. The van der Waals surface area contributed by atoms with Crippen LogP contribution >= 0.6 is 15.9 Å². The Balaban J connectivity index is 1.65. The molecule has 2 rings (SSSR count). The molecule has 1 aromatic rings. The Morgan fingerprint density at radius 1 is 1.33 bits per heavy atom. The third-order valence-electron chi connectivity index (χ3n) is 3.26. The van der Waals surface area contributed by atoms with Crippen LogP contribution in [0.2, 0.25) is 0 Å². The van der Waals surface area contributed by atoms with Crippen LogP contribution < -0.4 is 4.74 Å². The molecular weight excluding hydrogens is 294 g/mol. The molecule has 0 saturated carbocycles. The first-order valence-corrected chi connectivity index (χ1v) is 7.17. The van der Waals surface area contributed by atoms with E-state index >= 15 is 0 Å². The van der Waals surface area contributed by atoms with Crippen LogP contribution in [-0.2, 0) is 4.74 Å². The van der Waals surface area contributed by atoms with Gasteiger partial charge in [-0.25, -0.2) is 0 Å². The predicted molar refractivity (Wildman–Crippen MR) is 76.1 cm³/mol. The van der Waals surface area contributed by atoms with E-state index in [2.05, 4.69) is 20.8 Å². The fourth-order valence-electron chi connectivity index (χ4n) is 2.31. The van der Waals surface area contributed by atoms with Gasteiger partial charge in [0, 0.05) is 24.7 Å². The molecule has 18 heavy (non-hydrogen) atoms. The molecule has 1 aliphatic heterocycles. The maximum atomic E-state index is 5.72. The zero-order valence-corrected chi connectivity index (χ0v) is 12.4. The van der Waals surface area contributed by atoms with Crippen molar-refractivity contribution in [3.63, 3.8) is 0 Å². The van der Waals surface area contributed by atoms with Gasteiger partial charge in [0.2, 0.25) is 0 Å². The molecule has 100 valence electrons. The number of rotatable bonds is 6. The van der Waals surface area contributed by atoms with Gasteiger partial charge in [-0.05, 0) is 43.1 Å². The molecular formula is C14H20BrNO2. The van der Waals surface area contributed by atoms with Gasteiger partial charge in [-0.1, -0.05) is 15.9 Å². The largest absolute Gasteiger partial charge is 0.492 e. The van der Waals surface area contributed by atoms with Crippen molar-refractivity contribution in [1.82, 2.24) is 4.90 Å². The Kier molecular flexibility index (Phi) is 5.47. The Hall–Kier alpha value is -0.580. The summed E-state index contributed by atoms with van der Waals surface area (Å²) in [7, 11) is 1.78. The highest BCUT2D eigenvalue weighted by atomic mass is 79.9. The maximum Gasteiger partial charge on any atom is 0.119 e. The van der Waals surface area contributed by atoms with E-state index in [1.807, 2.05) is 24.3 Å². The third-order valence-corrected chi connectivity index (χ3v) is 3.79. The van der Waals surface area contributed by atoms with Crippen LogP contribution in [0.25, 0.3) is 0 Å². The minimum atomic E-state index is 0.697. The number of likely N-dealkylation sites (tertiary alicyclic amines) is 1. The topological polar surface area (TPSA) is 21.7 Å². The number of halogens is 1. The van der Waals surface area contributed by atoms with Crippen LogP contribution in [-0.4, -0.2) is 44.9 Å². The average Bonchev–Trinajstić information content (AvgIpc) is 2.80. The number of hydrogen-bond donors (Lipinski definition) is 0. The van der Waals surface area contributed by atoms with Crippen molar-refractivity contribution in [2.75, 3.05) is 40.0 Å². The molecule has 0 spiro atoms. The predicted octanol–water partition coefficient (Wildman–Crippen LogP) is 2.80. The summed E-state index contributed by atoms with van der Waals surface area (Å²) in [6, 6.07) is 7.98. The number of methoxy groups -OCH3 is 1. The smallest absolute Gasteiger partial charge is 0.119 e. The second-order valence-corrected chi connectivity index (χ2v) is 5.63. The second kappa shape index (κ2) is 7.12. The molecule has 1 unspecified atom stereocenters. The summed E-state index contributed by atoms with van der Waals surface area (Å²) in [6.07, 6.45) is 1.24. The van der Waals surface area contributed by atoms with E-state index in [9.17, 15) is 0 Å². The van der Waals surface area contributed by atoms with Gasteiger partial charge in [0.1, 0.15) is 12.4 Å². The van der Waals surface area contributed by atoms with Gasteiger partial charge in [-0.15, -0.1) is 0 Å². The normalized spacial score (nSPS) is 20.2. The minimum absolute atomic E-state index is 0.697. The monoisotopic (exact) mass is 313 g/mol. The molecule has 1 aromatic carbocycles. The molecule has 0 bridgehead atoms. The van der Waals surface area contributed by atoms with E-state index in [4.69, 9.17) is 9.47 Å². The lowest BCUT2D eigenvalue weighted by Crippen LogP contribution is -2.26. The molecule has 3 nitrogen and oxygen atoms in total. The summed E-state index contributed by atoms with van der Waals surface area (Å²) in [5.74, 6) is 1.63. The van der Waals surface area contributed by atoms with E-state index in [0.29, 0.717) is 5.92 Å². The van der Waals surface area contributed by atoms with Gasteiger partial charge in [0.25, 0.3) is 0 Å². The van der Waals surface area contributed by atoms with Crippen molar-refractivity contribution in [1.29, 1.82) is 0 Å². The summed E-state index contributed by atoms with van der Waals surface area (Å²) in [5, 5.41) is 0. The zero-order valence-electron chi connectivity index (χ0n) is 10.8. The lowest BCUT2D eigenvalue weighted by atomic mass is 10.1. The van der Waals surface area contributed by atoms with Crippen LogP contribution in [0.1, 0.15) is 6.42 Å². The Labute approximate surface area is 117 Å². The van der Waals surface area contributed by atoms with E-state index in [0.717, 1.165) is 43.1 Å². The summed E-state index contributed by atoms with van der Waals surface area (Å²) in [4.78, 5) is 2.45. The van der Waals surface area contributed by atoms with Crippen molar-refractivity contribution >= 4 is 15.9 Å². The van der Waals surface area contributed by atoms with Crippen molar-refractivity contribution in [2.24, 2.45) is 5.92 Å².